The van der Waals surface area contributed by atoms with Crippen molar-refractivity contribution in [2.75, 3.05) is 0 Å². The fourth-order valence-corrected chi connectivity index (χ4v) is 8.03. The first-order valence-corrected chi connectivity index (χ1v) is 15.9. The molecule has 7 aromatic rings. The molecule has 3 aromatic carbocycles. The van der Waals surface area contributed by atoms with Gasteiger partial charge < -0.3 is 4.42 Å². The molecule has 9 rings (SSSR count). The molecule has 6 heterocycles. The monoisotopic (exact) mass is 601 g/mol. The third-order valence-electron chi connectivity index (χ3n) is 10.1. The minimum absolute atomic E-state index is 0.0521. The number of aryl methyl sites for hydroxylation is 3. The van der Waals surface area contributed by atoms with E-state index in [2.05, 4.69) is 110 Å². The lowest BCUT2D eigenvalue weighted by Crippen LogP contribution is -2.50. The van der Waals surface area contributed by atoms with Crippen LogP contribution in [0.15, 0.2) is 120 Å². The largest absolute Gasteiger partial charge is 0.437 e. The molecule has 2 aliphatic heterocycles. The average molecular weight is 602 g/mol. The quantitative estimate of drug-likeness (QED) is 0.176. The second kappa shape index (κ2) is 10.0. The summed E-state index contributed by atoms with van der Waals surface area (Å²) >= 11 is 0. The van der Waals surface area contributed by atoms with Crippen molar-refractivity contribution >= 4 is 27.8 Å². The van der Waals surface area contributed by atoms with Crippen molar-refractivity contribution in [1.82, 2.24) is 4.98 Å². The van der Waals surface area contributed by atoms with Gasteiger partial charge in [-0.1, -0.05) is 48.5 Å². The predicted molar refractivity (Wildman–Crippen MR) is 180 cm³/mol. The number of halogens is 1. The van der Waals surface area contributed by atoms with Crippen LogP contribution in [-0.4, -0.2) is 4.98 Å². The van der Waals surface area contributed by atoms with Gasteiger partial charge in [0.05, 0.1) is 16.8 Å². The minimum Gasteiger partial charge on any atom is -0.437 e. The van der Waals surface area contributed by atoms with Gasteiger partial charge in [0.25, 0.3) is 0 Å². The number of fused-ring (bicyclic) bond motifs is 13. The Balaban J connectivity index is 1.30. The Kier molecular flexibility index (Phi) is 5.88. The minimum atomic E-state index is -0.309. The van der Waals surface area contributed by atoms with Crippen LogP contribution in [0.3, 0.4) is 0 Å². The first kappa shape index (κ1) is 26.9. The highest BCUT2D eigenvalue weighted by Crippen LogP contribution is 2.46. The second-order valence-corrected chi connectivity index (χ2v) is 12.7. The molecule has 0 amide bonds. The molecule has 0 aliphatic carbocycles. The summed E-state index contributed by atoms with van der Waals surface area (Å²) in [6, 6.07) is 33.4. The summed E-state index contributed by atoms with van der Waals surface area (Å²) in [5, 5.41) is 1.96. The van der Waals surface area contributed by atoms with Crippen LogP contribution in [0.4, 0.5) is 4.39 Å². The van der Waals surface area contributed by atoms with Gasteiger partial charge in [-0.2, -0.15) is 9.13 Å². The van der Waals surface area contributed by atoms with Crippen molar-refractivity contribution in [3.8, 4) is 33.8 Å². The third-order valence-corrected chi connectivity index (χ3v) is 10.1. The lowest BCUT2D eigenvalue weighted by atomic mass is 9.79. The lowest BCUT2D eigenvalue weighted by Gasteiger charge is -2.29. The zero-order valence-corrected chi connectivity index (χ0v) is 25.8. The number of rotatable bonds is 1. The lowest BCUT2D eigenvalue weighted by molar-refractivity contribution is -0.720. The highest BCUT2D eigenvalue weighted by molar-refractivity contribution is 6.09. The van der Waals surface area contributed by atoms with E-state index in [0.29, 0.717) is 5.71 Å². The fourth-order valence-electron chi connectivity index (χ4n) is 8.03. The molecular formula is C41H32FN3O+2. The standard InChI is InChI=1S/C41H32FN3O/c1-24-9-8-10-25(2)37(24)33-19-18-32-31-17-14-27-15-20-35-38(30-12-5-4-11-29(30)34-13-6-7-22-44(34)35)26(3)45-23-28(42)16-21-36(45)39(27)40(31)46-41(32)43-33/h4-14,16-19,21-23,35,38H,3,15,20H2,1-2H3/q+2. The summed E-state index contributed by atoms with van der Waals surface area (Å²) in [5.41, 5.74) is 13.2. The molecule has 0 radical (unpaired) electrons. The van der Waals surface area contributed by atoms with Crippen molar-refractivity contribution in [2.24, 2.45) is 0 Å². The highest BCUT2D eigenvalue weighted by Gasteiger charge is 2.46. The number of aromatic nitrogens is 3. The summed E-state index contributed by atoms with van der Waals surface area (Å²) in [7, 11) is 0. The molecule has 4 aromatic heterocycles. The van der Waals surface area contributed by atoms with E-state index >= 15 is 4.39 Å². The zero-order chi connectivity index (χ0) is 31.1. The smallest absolute Gasteiger partial charge is 0.227 e. The second-order valence-electron chi connectivity index (χ2n) is 12.7. The summed E-state index contributed by atoms with van der Waals surface area (Å²) < 4.78 is 26.3. The zero-order valence-electron chi connectivity index (χ0n) is 25.8. The predicted octanol–water partition coefficient (Wildman–Crippen LogP) is 9.07. The van der Waals surface area contributed by atoms with E-state index < -0.39 is 0 Å². The molecule has 0 bridgehead atoms. The van der Waals surface area contributed by atoms with Crippen LogP contribution in [0.2, 0.25) is 0 Å². The molecule has 222 valence electrons. The summed E-state index contributed by atoms with van der Waals surface area (Å²) in [4.78, 5) is 5.05. The van der Waals surface area contributed by atoms with Crippen LogP contribution < -0.4 is 9.13 Å². The molecule has 0 saturated carbocycles. The van der Waals surface area contributed by atoms with E-state index in [1.54, 1.807) is 6.20 Å². The normalized spacial score (nSPS) is 16.9. The molecular weight excluding hydrogens is 569 g/mol. The topological polar surface area (TPSA) is 33.8 Å². The van der Waals surface area contributed by atoms with Crippen LogP contribution in [0.1, 0.15) is 40.6 Å². The molecule has 46 heavy (non-hydrogen) atoms. The first-order chi connectivity index (χ1) is 22.5. The van der Waals surface area contributed by atoms with Gasteiger partial charge in [-0.3, -0.25) is 0 Å². The molecule has 2 atom stereocenters. The number of hydrogen-bond acceptors (Lipinski definition) is 2. The molecule has 0 saturated heterocycles. The maximum atomic E-state index is 15.2. The summed E-state index contributed by atoms with van der Waals surface area (Å²) in [5.74, 6) is -0.361. The molecule has 2 unspecified atom stereocenters. The Bertz CT molecular complexity index is 2380. The van der Waals surface area contributed by atoms with Gasteiger partial charge in [0, 0.05) is 41.0 Å². The number of hydrogen-bond donors (Lipinski definition) is 0. The van der Waals surface area contributed by atoms with E-state index in [9.17, 15) is 0 Å². The van der Waals surface area contributed by atoms with Gasteiger partial charge in [0.15, 0.2) is 29.3 Å². The number of furan rings is 1. The first-order valence-electron chi connectivity index (χ1n) is 15.9. The number of allylic oxidation sites excluding steroid dienone is 1. The Morgan fingerprint density at radius 3 is 2.48 bits per heavy atom. The maximum Gasteiger partial charge on any atom is 0.227 e. The average Bonchev–Trinajstić information content (AvgIpc) is 3.46. The van der Waals surface area contributed by atoms with Gasteiger partial charge in [-0.25, -0.2) is 9.37 Å². The van der Waals surface area contributed by atoms with Crippen LogP contribution in [0.5, 0.6) is 0 Å². The Morgan fingerprint density at radius 2 is 1.61 bits per heavy atom. The summed E-state index contributed by atoms with van der Waals surface area (Å²) in [6.07, 6.45) is 5.45. The van der Waals surface area contributed by atoms with E-state index in [1.807, 2.05) is 10.6 Å². The third kappa shape index (κ3) is 3.87. The summed E-state index contributed by atoms with van der Waals surface area (Å²) in [6.45, 7) is 8.93. The van der Waals surface area contributed by atoms with Gasteiger partial charge in [0.2, 0.25) is 23.3 Å². The van der Waals surface area contributed by atoms with Gasteiger partial charge in [-0.05, 0) is 79.4 Å². The van der Waals surface area contributed by atoms with E-state index in [0.717, 1.165) is 63.0 Å². The van der Waals surface area contributed by atoms with Crippen molar-refractivity contribution < 1.29 is 17.9 Å². The SMILES string of the molecule is C=C1C2c3ccccc3-c3cccc[n+]3C2CCc2ccc3c(oc4nc(-c5c(C)cccc5C)ccc43)c2-c2ccc(F)c[n+]21. The molecule has 0 fully saturated rings. The van der Waals surface area contributed by atoms with E-state index in [4.69, 9.17) is 16.0 Å². The van der Waals surface area contributed by atoms with Gasteiger partial charge >= 0.3 is 0 Å². The Morgan fingerprint density at radius 1 is 0.804 bits per heavy atom. The Labute approximate surface area is 266 Å². The molecule has 4 nitrogen and oxygen atoms in total. The van der Waals surface area contributed by atoms with E-state index in [1.165, 1.54) is 34.0 Å². The fraction of sp³-hybridized carbons (Fsp3) is 0.146. The van der Waals surface area contributed by atoms with Crippen molar-refractivity contribution in [1.29, 1.82) is 0 Å². The molecule has 0 N–H and O–H groups in total. The highest BCUT2D eigenvalue weighted by atomic mass is 19.1. The van der Waals surface area contributed by atoms with Gasteiger partial charge in [0.1, 0.15) is 5.92 Å². The van der Waals surface area contributed by atoms with Crippen molar-refractivity contribution in [2.45, 2.75) is 38.6 Å². The number of benzene rings is 3. The molecule has 0 spiro atoms. The Hall–Kier alpha value is -5.42. The van der Waals surface area contributed by atoms with Crippen LogP contribution in [0.25, 0.3) is 61.5 Å². The van der Waals surface area contributed by atoms with Crippen LogP contribution in [-0.2, 0) is 6.42 Å². The molecule has 5 heteroatoms. The van der Waals surface area contributed by atoms with Crippen LogP contribution >= 0.6 is 0 Å². The van der Waals surface area contributed by atoms with Crippen LogP contribution in [0, 0.1) is 19.7 Å². The van der Waals surface area contributed by atoms with Gasteiger partial charge in [-0.15, -0.1) is 0 Å². The van der Waals surface area contributed by atoms with E-state index in [-0.39, 0.29) is 17.8 Å². The van der Waals surface area contributed by atoms with Crippen molar-refractivity contribution in [3.63, 3.8) is 0 Å². The number of pyridine rings is 3. The molecule has 2 aliphatic rings. The van der Waals surface area contributed by atoms with Crippen molar-refractivity contribution in [3.05, 3.63) is 144 Å². The maximum absolute atomic E-state index is 15.2. The number of nitrogens with zero attached hydrogens (tertiary/aromatic N) is 3.